The molecular formula is C19H18N4O3. The number of hydrogen-bond donors (Lipinski definition) is 2. The Bertz CT molecular complexity index is 1010. The van der Waals surface area contributed by atoms with Gasteiger partial charge in [-0.3, -0.25) is 14.6 Å². The molecule has 0 unspecified atom stereocenters. The molecule has 0 spiro atoms. The largest absolute Gasteiger partial charge is 0.385 e. The van der Waals surface area contributed by atoms with E-state index in [9.17, 15) is 14.7 Å². The van der Waals surface area contributed by atoms with Crippen LogP contribution in [0.2, 0.25) is 0 Å². The number of nitrogens with one attached hydrogen (secondary N) is 1. The van der Waals surface area contributed by atoms with Crippen LogP contribution in [0.5, 0.6) is 0 Å². The Morgan fingerprint density at radius 1 is 1.12 bits per heavy atom. The molecule has 1 aliphatic heterocycles. The van der Waals surface area contributed by atoms with Crippen molar-refractivity contribution < 1.29 is 9.90 Å². The summed E-state index contributed by atoms with van der Waals surface area (Å²) < 4.78 is 0. The van der Waals surface area contributed by atoms with E-state index in [1.165, 1.54) is 0 Å². The predicted molar refractivity (Wildman–Crippen MR) is 95.6 cm³/mol. The molecule has 1 amide bonds. The lowest BCUT2D eigenvalue weighted by Gasteiger charge is -2.38. The molecule has 0 saturated carbocycles. The summed E-state index contributed by atoms with van der Waals surface area (Å²) in [4.78, 5) is 30.5. The minimum absolute atomic E-state index is 0.229. The maximum Gasteiger partial charge on any atom is 0.274 e. The van der Waals surface area contributed by atoms with E-state index in [2.05, 4.69) is 15.2 Å². The van der Waals surface area contributed by atoms with Crippen LogP contribution in [0.4, 0.5) is 0 Å². The van der Waals surface area contributed by atoms with Crippen molar-refractivity contribution in [2.45, 2.75) is 18.4 Å². The van der Waals surface area contributed by atoms with Gasteiger partial charge in [-0.1, -0.05) is 24.3 Å². The van der Waals surface area contributed by atoms with Gasteiger partial charge in [0.15, 0.2) is 5.69 Å². The molecule has 26 heavy (non-hydrogen) atoms. The van der Waals surface area contributed by atoms with Crippen molar-refractivity contribution in [3.8, 4) is 0 Å². The maximum atomic E-state index is 12.9. The summed E-state index contributed by atoms with van der Waals surface area (Å²) in [5.74, 6) is -0.245. The summed E-state index contributed by atoms with van der Waals surface area (Å²) >= 11 is 0. The van der Waals surface area contributed by atoms with Gasteiger partial charge in [-0.2, -0.15) is 5.10 Å². The van der Waals surface area contributed by atoms with Crippen molar-refractivity contribution in [1.29, 1.82) is 0 Å². The number of aliphatic hydroxyl groups is 1. The highest BCUT2D eigenvalue weighted by atomic mass is 16.3. The summed E-state index contributed by atoms with van der Waals surface area (Å²) in [6.07, 6.45) is 4.17. The molecule has 0 bridgehead atoms. The number of pyridine rings is 1. The standard InChI is InChI=1S/C19H18N4O3/c24-17-15-6-2-1-5-14(15)16(21-22-17)18(25)23-10-7-19(26,8-11-23)13-4-3-9-20-12-13/h1-6,9,12,26H,7-8,10-11H2,(H,22,24). The van der Waals surface area contributed by atoms with Crippen LogP contribution in [-0.4, -0.2) is 44.2 Å². The van der Waals surface area contributed by atoms with Crippen LogP contribution in [0, 0.1) is 0 Å². The number of amides is 1. The Morgan fingerprint density at radius 2 is 1.85 bits per heavy atom. The Balaban J connectivity index is 1.58. The molecule has 7 heteroatoms. The van der Waals surface area contributed by atoms with Gasteiger partial charge in [0.2, 0.25) is 0 Å². The van der Waals surface area contributed by atoms with Crippen molar-refractivity contribution in [2.75, 3.05) is 13.1 Å². The van der Waals surface area contributed by atoms with Crippen LogP contribution in [0.15, 0.2) is 53.6 Å². The highest BCUT2D eigenvalue weighted by molar-refractivity contribution is 6.04. The maximum absolute atomic E-state index is 12.9. The fraction of sp³-hybridized carbons (Fsp3) is 0.263. The lowest BCUT2D eigenvalue weighted by Crippen LogP contribution is -2.45. The molecule has 2 aromatic heterocycles. The SMILES string of the molecule is O=C(c1n[nH]c(=O)c2ccccc12)N1CCC(O)(c2cccnc2)CC1. The average Bonchev–Trinajstić information content (AvgIpc) is 2.69. The molecule has 132 valence electrons. The number of carbonyl (C=O) groups is 1. The van der Waals surface area contributed by atoms with Crippen molar-refractivity contribution in [1.82, 2.24) is 20.1 Å². The second-order valence-corrected chi connectivity index (χ2v) is 6.51. The summed E-state index contributed by atoms with van der Waals surface area (Å²) in [5, 5.41) is 18.2. The van der Waals surface area contributed by atoms with E-state index in [1.807, 2.05) is 6.07 Å². The Hall–Kier alpha value is -3.06. The smallest absolute Gasteiger partial charge is 0.274 e. The number of nitrogens with zero attached hydrogens (tertiary/aromatic N) is 3. The molecule has 3 aromatic rings. The number of likely N-dealkylation sites (tertiary alicyclic amines) is 1. The molecular weight excluding hydrogens is 332 g/mol. The second kappa shape index (κ2) is 6.34. The third-order valence-electron chi connectivity index (χ3n) is 4.98. The zero-order chi connectivity index (χ0) is 18.1. The Kier molecular flexibility index (Phi) is 4.00. The zero-order valence-electron chi connectivity index (χ0n) is 14.1. The van der Waals surface area contributed by atoms with Crippen LogP contribution in [0.3, 0.4) is 0 Å². The molecule has 1 aromatic carbocycles. The molecule has 0 aliphatic carbocycles. The van der Waals surface area contributed by atoms with Gasteiger partial charge in [0, 0.05) is 36.4 Å². The lowest BCUT2D eigenvalue weighted by molar-refractivity contribution is -0.0214. The van der Waals surface area contributed by atoms with Crippen LogP contribution in [-0.2, 0) is 5.60 Å². The first-order valence-electron chi connectivity index (χ1n) is 8.48. The fourth-order valence-electron chi connectivity index (χ4n) is 3.43. The van der Waals surface area contributed by atoms with Gasteiger partial charge < -0.3 is 10.0 Å². The summed E-state index contributed by atoms with van der Waals surface area (Å²) in [6.45, 7) is 0.804. The highest BCUT2D eigenvalue weighted by Crippen LogP contribution is 2.32. The number of H-pyrrole nitrogens is 1. The number of benzene rings is 1. The number of carbonyl (C=O) groups excluding carboxylic acids is 1. The van der Waals surface area contributed by atoms with Crippen LogP contribution in [0.25, 0.3) is 10.8 Å². The van der Waals surface area contributed by atoms with Gasteiger partial charge in [0.05, 0.1) is 11.0 Å². The number of rotatable bonds is 2. The molecule has 0 atom stereocenters. The molecule has 0 radical (unpaired) electrons. The molecule has 2 N–H and O–H groups in total. The number of piperidine rings is 1. The van der Waals surface area contributed by atoms with Gasteiger partial charge in [-0.15, -0.1) is 0 Å². The van der Waals surface area contributed by atoms with E-state index < -0.39 is 5.60 Å². The second-order valence-electron chi connectivity index (χ2n) is 6.51. The normalized spacial score (nSPS) is 16.6. The third kappa shape index (κ3) is 2.76. The van der Waals surface area contributed by atoms with E-state index in [0.29, 0.717) is 36.7 Å². The Labute approximate surface area is 149 Å². The van der Waals surface area contributed by atoms with Crippen molar-refractivity contribution in [3.63, 3.8) is 0 Å². The number of aromatic amines is 1. The van der Waals surface area contributed by atoms with Crippen LogP contribution in [0.1, 0.15) is 28.9 Å². The van der Waals surface area contributed by atoms with E-state index in [0.717, 1.165) is 5.56 Å². The Morgan fingerprint density at radius 3 is 2.54 bits per heavy atom. The fourth-order valence-corrected chi connectivity index (χ4v) is 3.43. The number of hydrogen-bond acceptors (Lipinski definition) is 5. The van der Waals surface area contributed by atoms with Crippen molar-refractivity contribution >= 4 is 16.7 Å². The van der Waals surface area contributed by atoms with Gasteiger partial charge >= 0.3 is 0 Å². The number of aromatic nitrogens is 3. The molecule has 4 rings (SSSR count). The van der Waals surface area contributed by atoms with Gasteiger partial charge in [0.1, 0.15) is 0 Å². The number of fused-ring (bicyclic) bond motifs is 1. The van der Waals surface area contributed by atoms with Crippen LogP contribution >= 0.6 is 0 Å². The van der Waals surface area contributed by atoms with Crippen molar-refractivity contribution in [3.05, 3.63) is 70.4 Å². The summed E-state index contributed by atoms with van der Waals surface area (Å²) in [7, 11) is 0. The predicted octanol–water partition coefficient (Wildman–Crippen LogP) is 1.44. The van der Waals surface area contributed by atoms with Crippen LogP contribution < -0.4 is 5.56 Å². The summed E-state index contributed by atoms with van der Waals surface area (Å²) in [5.41, 5.74) is -0.306. The first kappa shape index (κ1) is 16.4. The lowest BCUT2D eigenvalue weighted by atomic mass is 9.85. The summed E-state index contributed by atoms with van der Waals surface area (Å²) in [6, 6.07) is 10.6. The topological polar surface area (TPSA) is 99.2 Å². The van der Waals surface area contributed by atoms with Gasteiger partial charge in [0.25, 0.3) is 11.5 Å². The van der Waals surface area contributed by atoms with E-state index >= 15 is 0 Å². The highest BCUT2D eigenvalue weighted by Gasteiger charge is 2.36. The molecule has 3 heterocycles. The zero-order valence-corrected chi connectivity index (χ0v) is 14.1. The molecule has 1 fully saturated rings. The van der Waals surface area contributed by atoms with E-state index in [4.69, 9.17) is 0 Å². The van der Waals surface area contributed by atoms with E-state index in [-0.39, 0.29) is 17.2 Å². The third-order valence-corrected chi connectivity index (χ3v) is 4.98. The molecule has 7 nitrogen and oxygen atoms in total. The minimum atomic E-state index is -0.981. The molecule has 1 saturated heterocycles. The quantitative estimate of drug-likeness (QED) is 0.729. The first-order chi connectivity index (χ1) is 12.6. The molecule has 1 aliphatic rings. The average molecular weight is 350 g/mol. The van der Waals surface area contributed by atoms with Gasteiger partial charge in [-0.25, -0.2) is 5.10 Å². The first-order valence-corrected chi connectivity index (χ1v) is 8.48. The van der Waals surface area contributed by atoms with Gasteiger partial charge in [-0.05, 0) is 25.0 Å². The monoisotopic (exact) mass is 350 g/mol. The van der Waals surface area contributed by atoms with Crippen molar-refractivity contribution in [2.24, 2.45) is 0 Å². The van der Waals surface area contributed by atoms with E-state index in [1.54, 1.807) is 47.6 Å². The minimum Gasteiger partial charge on any atom is -0.385 e.